The third-order valence-electron chi connectivity index (χ3n) is 3.47. The van der Waals surface area contributed by atoms with Crippen LogP contribution in [0.2, 0.25) is 0 Å². The van der Waals surface area contributed by atoms with E-state index >= 15 is 0 Å². The third kappa shape index (κ3) is 3.72. The normalized spacial score (nSPS) is 10.6. The van der Waals surface area contributed by atoms with Crippen molar-refractivity contribution in [2.45, 2.75) is 26.7 Å². The van der Waals surface area contributed by atoms with Crippen LogP contribution in [0.25, 0.3) is 0 Å². The third-order valence-corrected chi connectivity index (χ3v) is 3.47. The van der Waals surface area contributed by atoms with Crippen molar-refractivity contribution in [3.05, 3.63) is 53.3 Å². The number of hydrogen-bond acceptors (Lipinski definition) is 4. The predicted molar refractivity (Wildman–Crippen MR) is 87.3 cm³/mol. The van der Waals surface area contributed by atoms with E-state index in [1.807, 2.05) is 25.1 Å². The zero-order valence-corrected chi connectivity index (χ0v) is 12.9. The fourth-order valence-corrected chi connectivity index (χ4v) is 2.33. The summed E-state index contributed by atoms with van der Waals surface area (Å²) in [6.45, 7) is 6.26. The molecule has 0 spiro atoms. The molecule has 0 fully saturated rings. The van der Waals surface area contributed by atoms with Crippen molar-refractivity contribution >= 4 is 24.2 Å². The summed E-state index contributed by atoms with van der Waals surface area (Å²) in [4.78, 5) is 16.0. The fraction of sp³-hybridized carbons (Fsp3) is 0.250. The number of nitrogens with zero attached hydrogens (tertiary/aromatic N) is 1. The van der Waals surface area contributed by atoms with Crippen molar-refractivity contribution in [2.75, 3.05) is 5.32 Å². The minimum absolute atomic E-state index is 0.180. The molecule has 0 aliphatic rings. The first-order chi connectivity index (χ1) is 10.4. The number of hydrogen-bond donors (Lipinski definition) is 3. The molecule has 1 heterocycles. The number of aromatic nitrogens is 1. The van der Waals surface area contributed by atoms with Crippen LogP contribution in [0, 0.1) is 6.92 Å². The van der Waals surface area contributed by atoms with Gasteiger partial charge in [-0.1, -0.05) is 19.9 Å². The van der Waals surface area contributed by atoms with E-state index in [4.69, 9.17) is 10.0 Å². The Bertz CT molecular complexity index is 687. The van der Waals surface area contributed by atoms with Crippen molar-refractivity contribution in [1.29, 1.82) is 0 Å². The van der Waals surface area contributed by atoms with E-state index in [9.17, 15) is 4.79 Å². The standard InChI is InChI=1S/C16H19BN2O3/c1-10(2)15-5-4-14(6-11(15)3)19-16(20)12-7-13(17(21)22)9-18-8-12/h4-10,21-22H,1-3H3,(H,19,20). The highest BCUT2D eigenvalue weighted by molar-refractivity contribution is 6.58. The topological polar surface area (TPSA) is 82.5 Å². The molecule has 0 radical (unpaired) electrons. The molecule has 6 heteroatoms. The average Bonchev–Trinajstić information content (AvgIpc) is 2.47. The number of pyridine rings is 1. The molecule has 0 saturated carbocycles. The molecule has 0 aliphatic carbocycles. The summed E-state index contributed by atoms with van der Waals surface area (Å²) < 4.78 is 0. The van der Waals surface area contributed by atoms with E-state index in [0.717, 1.165) is 5.56 Å². The van der Waals surface area contributed by atoms with Gasteiger partial charge >= 0.3 is 7.12 Å². The van der Waals surface area contributed by atoms with Gasteiger partial charge in [0.05, 0.1) is 5.56 Å². The van der Waals surface area contributed by atoms with Gasteiger partial charge in [0.1, 0.15) is 0 Å². The second kappa shape index (κ2) is 6.72. The van der Waals surface area contributed by atoms with Crippen LogP contribution < -0.4 is 10.8 Å². The molecule has 114 valence electrons. The van der Waals surface area contributed by atoms with Crippen molar-refractivity contribution in [3.8, 4) is 0 Å². The van der Waals surface area contributed by atoms with Gasteiger partial charge < -0.3 is 15.4 Å². The average molecular weight is 298 g/mol. The van der Waals surface area contributed by atoms with Gasteiger partial charge in [-0.2, -0.15) is 0 Å². The monoisotopic (exact) mass is 298 g/mol. The summed E-state index contributed by atoms with van der Waals surface area (Å²) in [6.07, 6.45) is 2.69. The largest absolute Gasteiger partial charge is 0.490 e. The Morgan fingerprint density at radius 2 is 1.95 bits per heavy atom. The van der Waals surface area contributed by atoms with Gasteiger partial charge in [-0.25, -0.2) is 0 Å². The van der Waals surface area contributed by atoms with Gasteiger partial charge in [0, 0.05) is 23.5 Å². The van der Waals surface area contributed by atoms with Crippen molar-refractivity contribution < 1.29 is 14.8 Å². The van der Waals surface area contributed by atoms with Crippen LogP contribution >= 0.6 is 0 Å². The van der Waals surface area contributed by atoms with E-state index in [2.05, 4.69) is 24.1 Å². The number of rotatable bonds is 4. The first-order valence-electron chi connectivity index (χ1n) is 7.11. The van der Waals surface area contributed by atoms with Crippen molar-refractivity contribution in [3.63, 3.8) is 0 Å². The van der Waals surface area contributed by atoms with E-state index < -0.39 is 7.12 Å². The van der Waals surface area contributed by atoms with Gasteiger partial charge in [-0.15, -0.1) is 0 Å². The SMILES string of the molecule is Cc1cc(NC(=O)c2cncc(B(O)O)c2)ccc1C(C)C. The van der Waals surface area contributed by atoms with Gasteiger partial charge in [0.2, 0.25) is 0 Å². The van der Waals surface area contributed by atoms with Gasteiger partial charge in [-0.3, -0.25) is 9.78 Å². The molecule has 0 saturated heterocycles. The summed E-state index contributed by atoms with van der Waals surface area (Å²) in [5.74, 6) is 0.0865. The van der Waals surface area contributed by atoms with Crippen LogP contribution in [0.4, 0.5) is 5.69 Å². The van der Waals surface area contributed by atoms with Crippen LogP contribution in [-0.2, 0) is 0 Å². The number of aryl methyl sites for hydroxylation is 1. The fourth-order valence-electron chi connectivity index (χ4n) is 2.33. The molecular weight excluding hydrogens is 279 g/mol. The Kier molecular flexibility index (Phi) is 4.95. The number of amides is 1. The number of anilines is 1. The first-order valence-corrected chi connectivity index (χ1v) is 7.11. The smallest absolute Gasteiger partial charge is 0.423 e. The van der Waals surface area contributed by atoms with E-state index in [0.29, 0.717) is 11.6 Å². The molecule has 0 aliphatic heterocycles. The maximum Gasteiger partial charge on any atom is 0.490 e. The molecule has 2 aromatic rings. The number of nitrogens with one attached hydrogen (secondary N) is 1. The quantitative estimate of drug-likeness (QED) is 0.746. The minimum atomic E-state index is -1.65. The molecule has 1 aromatic heterocycles. The first kappa shape index (κ1) is 16.2. The summed E-state index contributed by atoms with van der Waals surface area (Å²) in [5, 5.41) is 21.0. The Morgan fingerprint density at radius 1 is 1.23 bits per heavy atom. The Balaban J connectivity index is 2.18. The highest BCUT2D eigenvalue weighted by Crippen LogP contribution is 2.22. The van der Waals surface area contributed by atoms with E-state index in [1.54, 1.807) is 0 Å². The van der Waals surface area contributed by atoms with Crippen LogP contribution in [0.3, 0.4) is 0 Å². The zero-order chi connectivity index (χ0) is 16.3. The molecule has 3 N–H and O–H groups in total. The summed E-state index contributed by atoms with van der Waals surface area (Å²) in [5.41, 5.74) is 3.51. The van der Waals surface area contributed by atoms with E-state index in [-0.39, 0.29) is 16.9 Å². The zero-order valence-electron chi connectivity index (χ0n) is 12.9. The second-order valence-electron chi connectivity index (χ2n) is 5.56. The molecule has 2 rings (SSSR count). The Hall–Kier alpha value is -2.18. The molecule has 0 bridgehead atoms. The molecule has 22 heavy (non-hydrogen) atoms. The number of carbonyl (C=O) groups excluding carboxylic acids is 1. The highest BCUT2D eigenvalue weighted by atomic mass is 16.4. The number of benzene rings is 1. The lowest BCUT2D eigenvalue weighted by molar-refractivity contribution is 0.102. The molecule has 0 unspecified atom stereocenters. The second-order valence-corrected chi connectivity index (χ2v) is 5.56. The summed E-state index contributed by atoms with van der Waals surface area (Å²) in [6, 6.07) is 7.19. The number of carbonyl (C=O) groups is 1. The highest BCUT2D eigenvalue weighted by Gasteiger charge is 2.15. The Labute approximate surface area is 130 Å². The van der Waals surface area contributed by atoms with Crippen LogP contribution in [0.5, 0.6) is 0 Å². The maximum atomic E-state index is 12.2. The van der Waals surface area contributed by atoms with Gasteiger partial charge in [0.25, 0.3) is 5.91 Å². The molecular formula is C16H19BN2O3. The van der Waals surface area contributed by atoms with Crippen molar-refractivity contribution in [2.24, 2.45) is 0 Å². The van der Waals surface area contributed by atoms with Crippen LogP contribution in [-0.4, -0.2) is 28.1 Å². The lowest BCUT2D eigenvalue weighted by Crippen LogP contribution is -2.31. The molecule has 1 amide bonds. The lowest BCUT2D eigenvalue weighted by Gasteiger charge is -2.12. The predicted octanol–water partition coefficient (Wildman–Crippen LogP) is 1.45. The molecule has 0 atom stereocenters. The van der Waals surface area contributed by atoms with Gasteiger partial charge in [-0.05, 0) is 42.2 Å². The minimum Gasteiger partial charge on any atom is -0.423 e. The summed E-state index contributed by atoms with van der Waals surface area (Å²) in [7, 11) is -1.65. The van der Waals surface area contributed by atoms with Crippen LogP contribution in [0.15, 0.2) is 36.7 Å². The molecule has 5 nitrogen and oxygen atoms in total. The van der Waals surface area contributed by atoms with Crippen LogP contribution in [0.1, 0.15) is 41.3 Å². The summed E-state index contributed by atoms with van der Waals surface area (Å²) >= 11 is 0. The Morgan fingerprint density at radius 3 is 2.55 bits per heavy atom. The van der Waals surface area contributed by atoms with Crippen molar-refractivity contribution in [1.82, 2.24) is 4.98 Å². The van der Waals surface area contributed by atoms with E-state index in [1.165, 1.54) is 24.0 Å². The van der Waals surface area contributed by atoms with Gasteiger partial charge in [0.15, 0.2) is 0 Å². The molecule has 1 aromatic carbocycles. The lowest BCUT2D eigenvalue weighted by atomic mass is 9.81. The maximum absolute atomic E-state index is 12.2.